The molecule has 0 aliphatic carbocycles. The molecule has 3 rings (SSSR count). The second-order valence-electron chi connectivity index (χ2n) is 7.69. The molecule has 1 aliphatic rings. The fraction of sp³-hybridized carbons (Fsp3) is 0.375. The van der Waals surface area contributed by atoms with Gasteiger partial charge in [-0.2, -0.15) is 0 Å². The van der Waals surface area contributed by atoms with Crippen LogP contribution in [0.4, 0.5) is 5.69 Å². The predicted octanol–water partition coefficient (Wildman–Crippen LogP) is 2.24. The van der Waals surface area contributed by atoms with Crippen LogP contribution in [0.1, 0.15) is 17.5 Å². The molecule has 0 spiro atoms. The zero-order chi connectivity index (χ0) is 22.2. The van der Waals surface area contributed by atoms with Crippen LogP contribution >= 0.6 is 0 Å². The minimum Gasteiger partial charge on any atom is -0.383 e. The molecule has 0 radical (unpaired) electrons. The topological polar surface area (TPSA) is 70.2 Å². The third-order valence-electron chi connectivity index (χ3n) is 5.32. The molecule has 0 unspecified atom stereocenters. The molecule has 7 nitrogen and oxygen atoms in total. The van der Waals surface area contributed by atoms with Crippen LogP contribution in [-0.4, -0.2) is 67.5 Å². The number of ether oxygens (including phenoxy) is 1. The van der Waals surface area contributed by atoms with Crippen LogP contribution in [0.3, 0.4) is 0 Å². The van der Waals surface area contributed by atoms with Crippen LogP contribution in [0.2, 0.25) is 0 Å². The van der Waals surface area contributed by atoms with Crippen molar-refractivity contribution in [2.75, 3.05) is 44.9 Å². The summed E-state index contributed by atoms with van der Waals surface area (Å²) in [5, 5.41) is 0. The lowest BCUT2D eigenvalue weighted by atomic mass is 10.1. The van der Waals surface area contributed by atoms with Crippen molar-refractivity contribution in [3.63, 3.8) is 0 Å². The molecule has 0 aromatic heterocycles. The second-order valence-corrected chi connectivity index (χ2v) is 7.69. The molecule has 164 valence electrons. The van der Waals surface area contributed by atoms with E-state index in [0.717, 1.165) is 16.8 Å². The van der Waals surface area contributed by atoms with E-state index in [-0.39, 0.29) is 37.5 Å². The Morgan fingerprint density at radius 3 is 2.58 bits per heavy atom. The van der Waals surface area contributed by atoms with Gasteiger partial charge in [-0.25, -0.2) is 0 Å². The summed E-state index contributed by atoms with van der Waals surface area (Å²) in [6, 6.07) is 17.4. The maximum absolute atomic E-state index is 12.9. The first-order chi connectivity index (χ1) is 15.0. The number of methoxy groups -OCH3 is 1. The Bertz CT molecular complexity index is 916. The van der Waals surface area contributed by atoms with Gasteiger partial charge in [0.05, 0.1) is 13.2 Å². The van der Waals surface area contributed by atoms with E-state index >= 15 is 0 Å². The van der Waals surface area contributed by atoms with Gasteiger partial charge in [-0.05, 0) is 36.6 Å². The second kappa shape index (κ2) is 10.7. The fourth-order valence-corrected chi connectivity index (χ4v) is 3.55. The van der Waals surface area contributed by atoms with Crippen LogP contribution in [0, 0.1) is 6.92 Å². The van der Waals surface area contributed by atoms with E-state index in [9.17, 15) is 14.4 Å². The lowest BCUT2D eigenvalue weighted by molar-refractivity contribution is -0.140. The van der Waals surface area contributed by atoms with Crippen molar-refractivity contribution < 1.29 is 19.1 Å². The predicted molar refractivity (Wildman–Crippen MR) is 118 cm³/mol. The third kappa shape index (κ3) is 6.15. The summed E-state index contributed by atoms with van der Waals surface area (Å²) in [4.78, 5) is 42.8. The number of carbonyl (C=O) groups excluding carboxylic acids is 3. The lowest BCUT2D eigenvalue weighted by Crippen LogP contribution is -2.44. The van der Waals surface area contributed by atoms with E-state index in [4.69, 9.17) is 4.74 Å². The molecule has 0 bridgehead atoms. The van der Waals surface area contributed by atoms with Gasteiger partial charge in [-0.15, -0.1) is 0 Å². The molecular formula is C24H29N3O4. The van der Waals surface area contributed by atoms with E-state index < -0.39 is 0 Å². The molecule has 1 heterocycles. The van der Waals surface area contributed by atoms with Crippen LogP contribution in [0.5, 0.6) is 0 Å². The van der Waals surface area contributed by atoms with E-state index in [1.54, 1.807) is 12.0 Å². The average Bonchev–Trinajstić information content (AvgIpc) is 3.17. The number of rotatable bonds is 9. The standard InChI is InChI=1S/C24H29N3O4/c1-19-7-6-10-21(15-19)27-18-26(17-24(27)30)23(29)16-25(13-14-31-2)22(28)12-11-20-8-4-3-5-9-20/h3-10,15H,11-14,16-18H2,1-2H3. The highest BCUT2D eigenvalue weighted by Crippen LogP contribution is 2.20. The summed E-state index contributed by atoms with van der Waals surface area (Å²) in [7, 11) is 1.56. The SMILES string of the molecule is COCCN(CC(=O)N1CC(=O)N(c2cccc(C)c2)C1)C(=O)CCc1ccccc1. The Morgan fingerprint density at radius 2 is 1.87 bits per heavy atom. The average molecular weight is 424 g/mol. The highest BCUT2D eigenvalue weighted by atomic mass is 16.5. The normalized spacial score (nSPS) is 13.5. The quantitative estimate of drug-likeness (QED) is 0.620. The van der Waals surface area contributed by atoms with Crippen LogP contribution < -0.4 is 4.90 Å². The molecule has 31 heavy (non-hydrogen) atoms. The Hall–Kier alpha value is -3.19. The Kier molecular flexibility index (Phi) is 7.78. The first-order valence-corrected chi connectivity index (χ1v) is 10.4. The summed E-state index contributed by atoms with van der Waals surface area (Å²) in [5.41, 5.74) is 2.90. The maximum atomic E-state index is 12.9. The van der Waals surface area contributed by atoms with Crippen molar-refractivity contribution >= 4 is 23.4 Å². The van der Waals surface area contributed by atoms with Crippen molar-refractivity contribution in [1.29, 1.82) is 0 Å². The zero-order valence-electron chi connectivity index (χ0n) is 18.1. The Balaban J connectivity index is 1.60. The number of hydrogen-bond donors (Lipinski definition) is 0. The van der Waals surface area contributed by atoms with Crippen molar-refractivity contribution in [2.24, 2.45) is 0 Å². The van der Waals surface area contributed by atoms with Gasteiger partial charge in [-0.1, -0.05) is 42.5 Å². The number of hydrogen-bond acceptors (Lipinski definition) is 4. The van der Waals surface area contributed by atoms with E-state index in [0.29, 0.717) is 26.0 Å². The monoisotopic (exact) mass is 423 g/mol. The summed E-state index contributed by atoms with van der Waals surface area (Å²) < 4.78 is 5.11. The highest BCUT2D eigenvalue weighted by molar-refractivity contribution is 6.00. The number of anilines is 1. The van der Waals surface area contributed by atoms with Gasteiger partial charge in [0, 0.05) is 25.8 Å². The fourth-order valence-electron chi connectivity index (χ4n) is 3.55. The van der Waals surface area contributed by atoms with Gasteiger partial charge >= 0.3 is 0 Å². The molecule has 0 N–H and O–H groups in total. The lowest BCUT2D eigenvalue weighted by Gasteiger charge is -2.25. The first-order valence-electron chi connectivity index (χ1n) is 10.4. The molecule has 7 heteroatoms. The molecular weight excluding hydrogens is 394 g/mol. The molecule has 1 fully saturated rings. The number of amides is 3. The van der Waals surface area contributed by atoms with Gasteiger partial charge in [-0.3, -0.25) is 19.3 Å². The summed E-state index contributed by atoms with van der Waals surface area (Å²) >= 11 is 0. The van der Waals surface area contributed by atoms with Gasteiger partial charge in [0.25, 0.3) is 0 Å². The van der Waals surface area contributed by atoms with Gasteiger partial charge in [0.15, 0.2) is 0 Å². The highest BCUT2D eigenvalue weighted by Gasteiger charge is 2.32. The Labute approximate surface area is 183 Å². The first kappa shape index (κ1) is 22.5. The van der Waals surface area contributed by atoms with E-state index in [1.165, 1.54) is 9.80 Å². The number of benzene rings is 2. The molecule has 1 saturated heterocycles. The smallest absolute Gasteiger partial charge is 0.248 e. The van der Waals surface area contributed by atoms with Crippen LogP contribution in [-0.2, 0) is 25.5 Å². The van der Waals surface area contributed by atoms with Crippen LogP contribution in [0.15, 0.2) is 54.6 Å². The van der Waals surface area contributed by atoms with Crippen molar-refractivity contribution in [2.45, 2.75) is 19.8 Å². The summed E-state index contributed by atoms with van der Waals surface area (Å²) in [6.45, 7) is 2.78. The van der Waals surface area contributed by atoms with Crippen molar-refractivity contribution in [1.82, 2.24) is 9.80 Å². The summed E-state index contributed by atoms with van der Waals surface area (Å²) in [5.74, 6) is -0.472. The largest absolute Gasteiger partial charge is 0.383 e. The van der Waals surface area contributed by atoms with Crippen LogP contribution in [0.25, 0.3) is 0 Å². The Morgan fingerprint density at radius 1 is 1.10 bits per heavy atom. The van der Waals surface area contributed by atoms with Crippen molar-refractivity contribution in [3.8, 4) is 0 Å². The minimum absolute atomic E-state index is 0.0170. The third-order valence-corrected chi connectivity index (χ3v) is 5.32. The molecule has 0 saturated carbocycles. The number of nitrogens with zero attached hydrogens (tertiary/aromatic N) is 3. The number of carbonyl (C=O) groups is 3. The minimum atomic E-state index is -0.243. The molecule has 0 atom stereocenters. The molecule has 3 amide bonds. The van der Waals surface area contributed by atoms with Crippen molar-refractivity contribution in [3.05, 3.63) is 65.7 Å². The summed E-state index contributed by atoms with van der Waals surface area (Å²) in [6.07, 6.45) is 0.927. The molecule has 1 aliphatic heterocycles. The van der Waals surface area contributed by atoms with Gasteiger partial charge < -0.3 is 14.5 Å². The van der Waals surface area contributed by atoms with E-state index in [1.807, 2.05) is 61.5 Å². The maximum Gasteiger partial charge on any atom is 0.248 e. The van der Waals surface area contributed by atoms with E-state index in [2.05, 4.69) is 0 Å². The van der Waals surface area contributed by atoms with Gasteiger partial charge in [0.2, 0.25) is 17.7 Å². The molecule has 2 aromatic carbocycles. The number of aryl methyl sites for hydroxylation is 2. The zero-order valence-corrected chi connectivity index (χ0v) is 18.1. The molecule has 2 aromatic rings. The van der Waals surface area contributed by atoms with Gasteiger partial charge in [0.1, 0.15) is 13.2 Å².